The van der Waals surface area contributed by atoms with Gasteiger partial charge in [0.05, 0.1) is 11.3 Å². The summed E-state index contributed by atoms with van der Waals surface area (Å²) in [6.45, 7) is 6.09. The minimum atomic E-state index is -4.58. The summed E-state index contributed by atoms with van der Waals surface area (Å²) in [7, 11) is 0. The van der Waals surface area contributed by atoms with Crippen LogP contribution in [0.15, 0.2) is 18.2 Å². The predicted molar refractivity (Wildman–Crippen MR) is 72.4 cm³/mol. The first-order chi connectivity index (χ1) is 9.49. The van der Waals surface area contributed by atoms with Gasteiger partial charge >= 0.3 is 6.18 Å². The first-order valence-corrected chi connectivity index (χ1v) is 6.41. The van der Waals surface area contributed by atoms with E-state index >= 15 is 0 Å². The maximum Gasteiger partial charge on any atom is 0.416 e. The molecule has 0 saturated carbocycles. The van der Waals surface area contributed by atoms with E-state index in [-0.39, 0.29) is 12.0 Å². The standard InChI is InChI=1S/C14H18F4N2O/c1-13(2,3)19-7-6-12(21)20-11-8-9(14(16,17)18)4-5-10(11)15/h4-5,8,19H,6-7H2,1-3H3,(H,20,21). The van der Waals surface area contributed by atoms with Crippen LogP contribution < -0.4 is 10.6 Å². The van der Waals surface area contributed by atoms with Crippen molar-refractivity contribution in [3.8, 4) is 0 Å². The Labute approximate surface area is 120 Å². The molecule has 0 aliphatic rings. The summed E-state index contributed by atoms with van der Waals surface area (Å²) in [5.74, 6) is -1.45. The number of nitrogens with one attached hydrogen (secondary N) is 2. The fourth-order valence-corrected chi connectivity index (χ4v) is 1.56. The molecular formula is C14H18F4N2O. The molecule has 0 heterocycles. The van der Waals surface area contributed by atoms with Crippen LogP contribution in [-0.4, -0.2) is 18.0 Å². The summed E-state index contributed by atoms with van der Waals surface area (Å²) >= 11 is 0. The SMILES string of the molecule is CC(C)(C)NCCC(=O)Nc1cc(C(F)(F)F)ccc1F. The number of hydrogen-bond donors (Lipinski definition) is 2. The Bertz CT molecular complexity index is 507. The third-order valence-corrected chi connectivity index (χ3v) is 2.58. The highest BCUT2D eigenvalue weighted by atomic mass is 19.4. The van der Waals surface area contributed by atoms with Crippen LogP contribution >= 0.6 is 0 Å². The lowest BCUT2D eigenvalue weighted by molar-refractivity contribution is -0.137. The van der Waals surface area contributed by atoms with Crippen molar-refractivity contribution in [2.45, 2.75) is 38.9 Å². The molecule has 1 rings (SSSR count). The second-order valence-electron chi connectivity index (χ2n) is 5.67. The van der Waals surface area contributed by atoms with E-state index in [0.717, 1.165) is 0 Å². The summed E-state index contributed by atoms with van der Waals surface area (Å²) < 4.78 is 51.0. The molecule has 0 bridgehead atoms. The van der Waals surface area contributed by atoms with Crippen molar-refractivity contribution in [3.05, 3.63) is 29.6 Å². The van der Waals surface area contributed by atoms with E-state index < -0.39 is 29.2 Å². The van der Waals surface area contributed by atoms with Gasteiger partial charge in [-0.3, -0.25) is 4.79 Å². The Morgan fingerprint density at radius 2 is 1.81 bits per heavy atom. The molecule has 1 aromatic rings. The van der Waals surface area contributed by atoms with E-state index in [1.165, 1.54) is 0 Å². The molecule has 1 aromatic carbocycles. The topological polar surface area (TPSA) is 41.1 Å². The molecule has 0 saturated heterocycles. The molecule has 7 heteroatoms. The normalized spacial score (nSPS) is 12.3. The molecule has 0 aliphatic heterocycles. The maximum absolute atomic E-state index is 13.4. The van der Waals surface area contributed by atoms with Crippen molar-refractivity contribution in [2.75, 3.05) is 11.9 Å². The lowest BCUT2D eigenvalue weighted by Gasteiger charge is -2.20. The van der Waals surface area contributed by atoms with Crippen LogP contribution in [-0.2, 0) is 11.0 Å². The third kappa shape index (κ3) is 6.12. The van der Waals surface area contributed by atoms with Gasteiger partial charge in [0.1, 0.15) is 5.82 Å². The summed E-state index contributed by atoms with van der Waals surface area (Å²) in [5, 5.41) is 5.21. The molecule has 0 aliphatic carbocycles. The number of carbonyl (C=O) groups is 1. The quantitative estimate of drug-likeness (QED) is 0.835. The number of halogens is 4. The van der Waals surface area contributed by atoms with Gasteiger partial charge in [0, 0.05) is 18.5 Å². The van der Waals surface area contributed by atoms with Gasteiger partial charge in [0.2, 0.25) is 5.91 Å². The molecule has 0 radical (unpaired) electrons. The molecule has 21 heavy (non-hydrogen) atoms. The Hall–Kier alpha value is -1.63. The molecule has 3 nitrogen and oxygen atoms in total. The largest absolute Gasteiger partial charge is 0.416 e. The lowest BCUT2D eigenvalue weighted by atomic mass is 10.1. The van der Waals surface area contributed by atoms with Gasteiger partial charge < -0.3 is 10.6 Å². The van der Waals surface area contributed by atoms with Crippen molar-refractivity contribution >= 4 is 11.6 Å². The van der Waals surface area contributed by atoms with Gasteiger partial charge in [-0.25, -0.2) is 4.39 Å². The Kier molecular flexibility index (Phi) is 5.33. The highest BCUT2D eigenvalue weighted by Crippen LogP contribution is 2.31. The van der Waals surface area contributed by atoms with E-state index in [0.29, 0.717) is 24.7 Å². The predicted octanol–water partition coefficient (Wildman–Crippen LogP) is 3.56. The highest BCUT2D eigenvalue weighted by molar-refractivity contribution is 5.91. The summed E-state index contributed by atoms with van der Waals surface area (Å²) in [6, 6.07) is 1.91. The van der Waals surface area contributed by atoms with Crippen molar-refractivity contribution in [3.63, 3.8) is 0 Å². The van der Waals surface area contributed by atoms with Crippen molar-refractivity contribution in [1.29, 1.82) is 0 Å². The first kappa shape index (κ1) is 17.4. The molecule has 0 fully saturated rings. The van der Waals surface area contributed by atoms with Gasteiger partial charge in [-0.15, -0.1) is 0 Å². The number of anilines is 1. The zero-order valence-electron chi connectivity index (χ0n) is 12.1. The Morgan fingerprint density at radius 1 is 1.19 bits per heavy atom. The van der Waals surface area contributed by atoms with Gasteiger partial charge in [0.25, 0.3) is 0 Å². The van der Waals surface area contributed by atoms with Crippen LogP contribution in [0.1, 0.15) is 32.8 Å². The van der Waals surface area contributed by atoms with Crippen molar-refractivity contribution < 1.29 is 22.4 Å². The van der Waals surface area contributed by atoms with Crippen LogP contribution in [0.5, 0.6) is 0 Å². The molecular weight excluding hydrogens is 288 g/mol. The smallest absolute Gasteiger partial charge is 0.324 e. The summed E-state index contributed by atoms with van der Waals surface area (Å²) in [4.78, 5) is 11.6. The second kappa shape index (κ2) is 6.43. The van der Waals surface area contributed by atoms with Crippen LogP contribution in [0.3, 0.4) is 0 Å². The molecule has 118 valence electrons. The van der Waals surface area contributed by atoms with E-state index in [4.69, 9.17) is 0 Å². The first-order valence-electron chi connectivity index (χ1n) is 6.41. The van der Waals surface area contributed by atoms with E-state index in [1.807, 2.05) is 20.8 Å². The molecule has 0 spiro atoms. The molecule has 2 N–H and O–H groups in total. The van der Waals surface area contributed by atoms with Crippen molar-refractivity contribution in [2.24, 2.45) is 0 Å². The lowest BCUT2D eigenvalue weighted by Crippen LogP contribution is -2.37. The van der Waals surface area contributed by atoms with Gasteiger partial charge in [-0.1, -0.05) is 0 Å². The maximum atomic E-state index is 13.4. The number of carbonyl (C=O) groups excluding carboxylic acids is 1. The molecule has 0 aromatic heterocycles. The zero-order valence-corrected chi connectivity index (χ0v) is 12.1. The number of rotatable bonds is 4. The Morgan fingerprint density at radius 3 is 2.33 bits per heavy atom. The average Bonchev–Trinajstić information content (AvgIpc) is 2.28. The van der Waals surface area contributed by atoms with Gasteiger partial charge in [-0.2, -0.15) is 13.2 Å². The summed E-state index contributed by atoms with van der Waals surface area (Å²) in [6.07, 6.45) is -4.55. The number of alkyl halides is 3. The average molecular weight is 306 g/mol. The highest BCUT2D eigenvalue weighted by Gasteiger charge is 2.31. The van der Waals surface area contributed by atoms with E-state index in [9.17, 15) is 22.4 Å². The number of benzene rings is 1. The molecule has 1 amide bonds. The zero-order chi connectivity index (χ0) is 16.3. The molecule has 0 unspecified atom stereocenters. The minimum Gasteiger partial charge on any atom is -0.324 e. The van der Waals surface area contributed by atoms with Crippen LogP contribution in [0, 0.1) is 5.82 Å². The number of hydrogen-bond acceptors (Lipinski definition) is 2. The number of amides is 1. The molecule has 0 atom stereocenters. The monoisotopic (exact) mass is 306 g/mol. The van der Waals surface area contributed by atoms with E-state index in [1.54, 1.807) is 0 Å². The Balaban J connectivity index is 2.68. The van der Waals surface area contributed by atoms with Crippen LogP contribution in [0.2, 0.25) is 0 Å². The minimum absolute atomic E-state index is 0.0347. The van der Waals surface area contributed by atoms with Crippen LogP contribution in [0.25, 0.3) is 0 Å². The fourth-order valence-electron chi connectivity index (χ4n) is 1.56. The van der Waals surface area contributed by atoms with Crippen molar-refractivity contribution in [1.82, 2.24) is 5.32 Å². The van der Waals surface area contributed by atoms with Crippen LogP contribution in [0.4, 0.5) is 23.2 Å². The van der Waals surface area contributed by atoms with Gasteiger partial charge in [-0.05, 0) is 39.0 Å². The summed E-state index contributed by atoms with van der Waals surface area (Å²) in [5.41, 5.74) is -1.65. The fraction of sp³-hybridized carbons (Fsp3) is 0.500. The van der Waals surface area contributed by atoms with E-state index in [2.05, 4.69) is 10.6 Å². The third-order valence-electron chi connectivity index (χ3n) is 2.58. The second-order valence-corrected chi connectivity index (χ2v) is 5.67. The van der Waals surface area contributed by atoms with Gasteiger partial charge in [0.15, 0.2) is 0 Å².